The van der Waals surface area contributed by atoms with Crippen molar-refractivity contribution in [2.75, 3.05) is 7.11 Å². The highest BCUT2D eigenvalue weighted by Crippen LogP contribution is 2.46. The van der Waals surface area contributed by atoms with E-state index in [1.165, 1.54) is 7.11 Å². The van der Waals surface area contributed by atoms with Gasteiger partial charge in [-0.25, -0.2) is 0 Å². The van der Waals surface area contributed by atoms with Crippen molar-refractivity contribution >= 4 is 26.2 Å². The first-order valence-corrected chi connectivity index (χ1v) is 20.0. The fourth-order valence-electron chi connectivity index (χ4n) is 7.43. The van der Waals surface area contributed by atoms with Crippen LogP contribution in [0, 0.1) is 13.8 Å². The summed E-state index contributed by atoms with van der Waals surface area (Å²) in [5, 5.41) is 0. The third kappa shape index (κ3) is 6.94. The van der Waals surface area contributed by atoms with Crippen LogP contribution in [0.3, 0.4) is 0 Å². The number of benzene rings is 6. The molecule has 1 heterocycles. The van der Waals surface area contributed by atoms with Crippen LogP contribution >= 0.6 is 0 Å². The lowest BCUT2D eigenvalue weighted by Crippen LogP contribution is -2.09. The maximum absolute atomic E-state index is 13.1. The minimum absolute atomic E-state index is 0.208. The summed E-state index contributed by atoms with van der Waals surface area (Å²) in [6.45, 7) is 3.52. The second-order valence-corrected chi connectivity index (χ2v) is 15.9. The van der Waals surface area contributed by atoms with E-state index in [0.717, 1.165) is 11.1 Å². The van der Waals surface area contributed by atoms with Crippen LogP contribution in [-0.4, -0.2) is 39.0 Å². The predicted molar refractivity (Wildman–Crippen MR) is 207 cm³/mol. The number of hydrogen-bond donors (Lipinski definition) is 2. The molecule has 0 amide bonds. The summed E-state index contributed by atoms with van der Waals surface area (Å²) in [6.07, 6.45) is 0.131. The average Bonchev–Trinajstić information content (AvgIpc) is 3.60. The molecule has 1 unspecified atom stereocenters. The highest BCUT2D eigenvalue weighted by molar-refractivity contribution is 7.86. The van der Waals surface area contributed by atoms with Crippen molar-refractivity contribution in [2.45, 2.75) is 42.6 Å². The highest BCUT2D eigenvalue weighted by atomic mass is 32.2. The zero-order chi connectivity index (χ0) is 38.4. The molecule has 0 aromatic heterocycles. The first kappa shape index (κ1) is 36.8. The largest absolute Gasteiger partial charge is 0.496 e. The van der Waals surface area contributed by atoms with Crippen LogP contribution in [0.4, 0.5) is 0 Å². The summed E-state index contributed by atoms with van der Waals surface area (Å²) in [5.41, 5.74) is 6.78. The molecule has 0 spiro atoms. The Hall–Kier alpha value is -5.59. The second kappa shape index (κ2) is 14.3. The van der Waals surface area contributed by atoms with Crippen LogP contribution < -0.4 is 4.74 Å². The average molecular weight is 761 g/mol. The first-order chi connectivity index (χ1) is 25.8. The van der Waals surface area contributed by atoms with Crippen molar-refractivity contribution in [1.82, 2.24) is 0 Å². The van der Waals surface area contributed by atoms with E-state index in [2.05, 4.69) is 0 Å². The summed E-state index contributed by atoms with van der Waals surface area (Å²) in [4.78, 5) is 11.6. The van der Waals surface area contributed by atoms with Gasteiger partial charge in [0.1, 0.15) is 21.6 Å². The molecule has 6 aromatic carbocycles. The maximum atomic E-state index is 13.1. The number of rotatable bonds is 9. The summed E-state index contributed by atoms with van der Waals surface area (Å²) < 4.78 is 84.8. The van der Waals surface area contributed by atoms with Gasteiger partial charge < -0.3 is 9.47 Å². The van der Waals surface area contributed by atoms with E-state index < -0.39 is 26.3 Å². The topological polar surface area (TPSA) is 144 Å². The van der Waals surface area contributed by atoms with Crippen molar-refractivity contribution in [3.05, 3.63) is 138 Å². The van der Waals surface area contributed by atoms with E-state index in [0.29, 0.717) is 62.2 Å². The van der Waals surface area contributed by atoms with Gasteiger partial charge in [-0.2, -0.15) is 16.8 Å². The number of carbonyl (C=O) groups excluding carboxylic acids is 1. The van der Waals surface area contributed by atoms with Crippen molar-refractivity contribution < 1.29 is 40.2 Å². The van der Waals surface area contributed by atoms with E-state index in [-0.39, 0.29) is 33.3 Å². The molecule has 11 heteroatoms. The Balaban J connectivity index is 1.32. The number of hydrogen-bond acceptors (Lipinski definition) is 7. The number of carbonyl (C=O) groups is 1. The van der Waals surface area contributed by atoms with Gasteiger partial charge in [-0.15, -0.1) is 0 Å². The molecule has 1 aliphatic rings. The lowest BCUT2D eigenvalue weighted by molar-refractivity contribution is -0.141. The number of esters is 1. The Morgan fingerprint density at radius 2 is 1.00 bits per heavy atom. The molecular formula is C43H36O9S2. The fourth-order valence-corrected chi connectivity index (χ4v) is 9.40. The van der Waals surface area contributed by atoms with Gasteiger partial charge in [-0.1, -0.05) is 109 Å². The third-order valence-electron chi connectivity index (χ3n) is 9.82. The Bertz CT molecular complexity index is 2620. The molecule has 54 heavy (non-hydrogen) atoms. The van der Waals surface area contributed by atoms with E-state index in [1.807, 2.05) is 30.3 Å². The molecule has 274 valence electrons. The van der Waals surface area contributed by atoms with Gasteiger partial charge in [0.2, 0.25) is 0 Å². The number of methoxy groups -OCH3 is 1. The lowest BCUT2D eigenvalue weighted by Gasteiger charge is -2.22. The molecule has 0 saturated carbocycles. The Kier molecular flexibility index (Phi) is 9.76. The smallest absolute Gasteiger partial charge is 0.306 e. The minimum atomic E-state index is -4.73. The SMILES string of the molecule is COc1c(C)c(-c2ccccc2)c(S(=O)(=O)O)c(-c2ccc(-c3ccc(-c4cc(C5CCC(=O)O5)cc(-c5ccccc5)c4S(=O)(=O)O)cc3)cc2)c1C. The van der Waals surface area contributed by atoms with Gasteiger partial charge in [0.05, 0.1) is 7.11 Å². The molecule has 1 aliphatic heterocycles. The van der Waals surface area contributed by atoms with Gasteiger partial charge in [0.25, 0.3) is 20.2 Å². The molecule has 1 saturated heterocycles. The summed E-state index contributed by atoms with van der Waals surface area (Å²) >= 11 is 0. The van der Waals surface area contributed by atoms with E-state index >= 15 is 0 Å². The molecule has 0 radical (unpaired) electrons. The van der Waals surface area contributed by atoms with E-state index in [9.17, 15) is 30.7 Å². The maximum Gasteiger partial charge on any atom is 0.306 e. The van der Waals surface area contributed by atoms with E-state index in [4.69, 9.17) is 9.47 Å². The van der Waals surface area contributed by atoms with Crippen molar-refractivity contribution in [3.8, 4) is 61.4 Å². The normalized spacial score (nSPS) is 14.5. The van der Waals surface area contributed by atoms with Crippen LogP contribution in [0.1, 0.15) is 35.6 Å². The van der Waals surface area contributed by atoms with Gasteiger partial charge in [-0.3, -0.25) is 13.9 Å². The Morgan fingerprint density at radius 3 is 1.43 bits per heavy atom. The standard InChI is InChI=1S/C43H36O9S2/c1-26-39(32-12-8-5-9-13-32)43(54(48,49)50)40(27(2)41(26)51-3)33-20-16-29(17-21-33)28-14-18-31(19-15-28)36-25-34(37-22-23-38(44)52-37)24-35(42(36)53(45,46)47)30-10-6-4-7-11-30/h4-21,24-25,37H,22-23H2,1-3H3,(H,45,46,47)(H,48,49,50). The van der Waals surface area contributed by atoms with Crippen molar-refractivity contribution in [3.63, 3.8) is 0 Å². The van der Waals surface area contributed by atoms with Gasteiger partial charge >= 0.3 is 5.97 Å². The fraction of sp³-hybridized carbons (Fsp3) is 0.140. The first-order valence-electron chi connectivity index (χ1n) is 17.1. The Labute approximate surface area is 314 Å². The molecule has 7 rings (SSSR count). The monoisotopic (exact) mass is 760 g/mol. The summed E-state index contributed by atoms with van der Waals surface area (Å²) in [5.74, 6) is 0.172. The highest BCUT2D eigenvalue weighted by Gasteiger charge is 2.31. The minimum Gasteiger partial charge on any atom is -0.496 e. The Morgan fingerprint density at radius 1 is 0.593 bits per heavy atom. The summed E-state index contributed by atoms with van der Waals surface area (Å²) in [7, 11) is -7.92. The van der Waals surface area contributed by atoms with Gasteiger partial charge in [0, 0.05) is 39.8 Å². The quantitative estimate of drug-likeness (QED) is 0.109. The molecule has 1 atom stereocenters. The van der Waals surface area contributed by atoms with Gasteiger partial charge in [0.15, 0.2) is 0 Å². The van der Waals surface area contributed by atoms with Crippen LogP contribution in [-0.2, 0) is 29.8 Å². The molecule has 6 aromatic rings. The number of cyclic esters (lactones) is 1. The molecule has 1 fully saturated rings. The van der Waals surface area contributed by atoms with Crippen LogP contribution in [0.2, 0.25) is 0 Å². The molecular weight excluding hydrogens is 725 g/mol. The van der Waals surface area contributed by atoms with Crippen LogP contribution in [0.5, 0.6) is 5.75 Å². The van der Waals surface area contributed by atoms with Crippen molar-refractivity contribution in [1.29, 1.82) is 0 Å². The number of ether oxygens (including phenoxy) is 2. The molecule has 0 aliphatic carbocycles. The predicted octanol–water partition coefficient (Wildman–Crippen LogP) is 9.52. The summed E-state index contributed by atoms with van der Waals surface area (Å²) in [6, 6.07) is 35.5. The molecule has 0 bridgehead atoms. The lowest BCUT2D eigenvalue weighted by atomic mass is 9.89. The second-order valence-electron chi connectivity index (χ2n) is 13.2. The zero-order valence-corrected chi connectivity index (χ0v) is 31.2. The molecule has 9 nitrogen and oxygen atoms in total. The van der Waals surface area contributed by atoms with Crippen LogP contribution in [0.25, 0.3) is 55.6 Å². The zero-order valence-electron chi connectivity index (χ0n) is 29.6. The van der Waals surface area contributed by atoms with Crippen molar-refractivity contribution in [2.24, 2.45) is 0 Å². The van der Waals surface area contributed by atoms with Crippen LogP contribution in [0.15, 0.2) is 131 Å². The third-order valence-corrected chi connectivity index (χ3v) is 11.7. The van der Waals surface area contributed by atoms with Gasteiger partial charge in [-0.05, 0) is 71.3 Å². The van der Waals surface area contributed by atoms with E-state index in [1.54, 1.807) is 105 Å². The molecule has 2 N–H and O–H groups in total.